The number of nitrogens with two attached hydrogens (primary N) is 1. The molecule has 5 heteroatoms. The maximum absolute atomic E-state index is 11.3. The second-order valence-corrected chi connectivity index (χ2v) is 6.96. The molecule has 0 rings (SSSR count). The molecule has 0 bridgehead atoms. The van der Waals surface area contributed by atoms with E-state index < -0.39 is 9.84 Å². The van der Waals surface area contributed by atoms with Gasteiger partial charge in [-0.25, -0.2) is 8.42 Å². The van der Waals surface area contributed by atoms with Gasteiger partial charge in [-0.05, 0) is 18.8 Å². The van der Waals surface area contributed by atoms with E-state index in [0.717, 1.165) is 0 Å². The highest BCUT2D eigenvalue weighted by atomic mass is 32.2. The molecule has 0 aliphatic rings. The largest absolute Gasteiger partial charge is 0.380 e. The molecule has 0 heterocycles. The Labute approximate surface area is 99.5 Å². The van der Waals surface area contributed by atoms with Crippen molar-refractivity contribution in [2.45, 2.75) is 45.8 Å². The second-order valence-electron chi connectivity index (χ2n) is 4.49. The van der Waals surface area contributed by atoms with Gasteiger partial charge in [-0.15, -0.1) is 0 Å². The SMILES string of the molecule is CCS(=O)(=O)CCCC(N)C(OC)C(C)C. The fraction of sp³-hybridized carbons (Fsp3) is 1.00. The number of hydrogen-bond acceptors (Lipinski definition) is 4. The Hall–Kier alpha value is -0.130. The summed E-state index contributed by atoms with van der Waals surface area (Å²) in [4.78, 5) is 0. The van der Waals surface area contributed by atoms with Crippen molar-refractivity contribution in [2.75, 3.05) is 18.6 Å². The third kappa shape index (κ3) is 5.82. The van der Waals surface area contributed by atoms with E-state index >= 15 is 0 Å². The summed E-state index contributed by atoms with van der Waals surface area (Å²) in [5.41, 5.74) is 5.98. The van der Waals surface area contributed by atoms with Crippen molar-refractivity contribution in [3.63, 3.8) is 0 Å². The molecule has 0 radical (unpaired) electrons. The van der Waals surface area contributed by atoms with E-state index in [4.69, 9.17) is 10.5 Å². The Balaban J connectivity index is 4.02. The highest BCUT2D eigenvalue weighted by Gasteiger charge is 2.21. The quantitative estimate of drug-likeness (QED) is 0.704. The van der Waals surface area contributed by atoms with E-state index in [1.54, 1.807) is 14.0 Å². The Morgan fingerprint density at radius 3 is 2.25 bits per heavy atom. The van der Waals surface area contributed by atoms with E-state index in [1.165, 1.54) is 0 Å². The van der Waals surface area contributed by atoms with Gasteiger partial charge in [0.25, 0.3) is 0 Å². The zero-order valence-corrected chi connectivity index (χ0v) is 11.6. The van der Waals surface area contributed by atoms with Crippen molar-refractivity contribution >= 4 is 9.84 Å². The number of methoxy groups -OCH3 is 1. The van der Waals surface area contributed by atoms with Crippen LogP contribution in [0.25, 0.3) is 0 Å². The van der Waals surface area contributed by atoms with Gasteiger partial charge in [0.15, 0.2) is 0 Å². The lowest BCUT2D eigenvalue weighted by Gasteiger charge is -2.25. The number of sulfone groups is 1. The van der Waals surface area contributed by atoms with Crippen LogP contribution in [0.4, 0.5) is 0 Å². The first-order chi connectivity index (χ1) is 7.34. The standard InChI is InChI=1S/C11H25NO3S/c1-5-16(13,14)8-6-7-10(12)11(15-4)9(2)3/h9-11H,5-8,12H2,1-4H3. The first kappa shape index (κ1) is 15.9. The molecular weight excluding hydrogens is 226 g/mol. The third-order valence-electron chi connectivity index (χ3n) is 2.78. The van der Waals surface area contributed by atoms with Crippen molar-refractivity contribution in [3.05, 3.63) is 0 Å². The molecule has 0 aromatic rings. The number of ether oxygens (including phenoxy) is 1. The van der Waals surface area contributed by atoms with E-state index in [2.05, 4.69) is 13.8 Å². The molecule has 0 amide bonds. The lowest BCUT2D eigenvalue weighted by atomic mass is 9.97. The van der Waals surface area contributed by atoms with Crippen LogP contribution in [0.1, 0.15) is 33.6 Å². The molecular formula is C11H25NO3S. The van der Waals surface area contributed by atoms with Crippen LogP contribution >= 0.6 is 0 Å². The summed E-state index contributed by atoms with van der Waals surface area (Å²) < 4.78 is 27.9. The molecule has 4 nitrogen and oxygen atoms in total. The summed E-state index contributed by atoms with van der Waals surface area (Å²) in [7, 11) is -1.22. The van der Waals surface area contributed by atoms with Gasteiger partial charge >= 0.3 is 0 Å². The average Bonchev–Trinajstić information content (AvgIpc) is 2.18. The van der Waals surface area contributed by atoms with Gasteiger partial charge in [0.1, 0.15) is 9.84 Å². The normalized spacial score (nSPS) is 16.4. The summed E-state index contributed by atoms with van der Waals surface area (Å²) in [6, 6.07) is -0.0861. The predicted octanol–water partition coefficient (Wildman–Crippen LogP) is 1.20. The average molecular weight is 251 g/mol. The van der Waals surface area contributed by atoms with Crippen LogP contribution < -0.4 is 5.73 Å². The van der Waals surface area contributed by atoms with E-state index in [0.29, 0.717) is 18.8 Å². The maximum Gasteiger partial charge on any atom is 0.150 e. The smallest absolute Gasteiger partial charge is 0.150 e. The molecule has 0 aromatic heterocycles. The van der Waals surface area contributed by atoms with Gasteiger partial charge < -0.3 is 10.5 Å². The van der Waals surface area contributed by atoms with Crippen LogP contribution in [0.5, 0.6) is 0 Å². The summed E-state index contributed by atoms with van der Waals surface area (Å²) >= 11 is 0. The van der Waals surface area contributed by atoms with Crippen molar-refractivity contribution in [1.82, 2.24) is 0 Å². The van der Waals surface area contributed by atoms with Crippen molar-refractivity contribution in [3.8, 4) is 0 Å². The summed E-state index contributed by atoms with van der Waals surface area (Å²) in [5, 5.41) is 0. The zero-order valence-electron chi connectivity index (χ0n) is 10.8. The molecule has 2 unspecified atom stereocenters. The maximum atomic E-state index is 11.3. The van der Waals surface area contributed by atoms with Gasteiger partial charge in [-0.2, -0.15) is 0 Å². The first-order valence-corrected chi connectivity index (χ1v) is 7.65. The molecule has 0 saturated carbocycles. The fourth-order valence-electron chi connectivity index (χ4n) is 1.79. The van der Waals surface area contributed by atoms with Crippen molar-refractivity contribution < 1.29 is 13.2 Å². The molecule has 0 aliphatic heterocycles. The molecule has 2 atom stereocenters. The zero-order chi connectivity index (χ0) is 12.8. The minimum absolute atomic E-state index is 0.00401. The Morgan fingerprint density at radius 1 is 1.31 bits per heavy atom. The molecule has 0 saturated heterocycles. The van der Waals surface area contributed by atoms with Crippen LogP contribution in [0, 0.1) is 5.92 Å². The topological polar surface area (TPSA) is 69.4 Å². The van der Waals surface area contributed by atoms with Crippen LogP contribution in [0.3, 0.4) is 0 Å². The third-order valence-corrected chi connectivity index (χ3v) is 4.57. The Morgan fingerprint density at radius 2 is 1.88 bits per heavy atom. The molecule has 0 aromatic carbocycles. The monoisotopic (exact) mass is 251 g/mol. The highest BCUT2D eigenvalue weighted by molar-refractivity contribution is 7.91. The Bertz CT molecular complexity index is 275. The molecule has 2 N–H and O–H groups in total. The summed E-state index contributed by atoms with van der Waals surface area (Å²) in [6.07, 6.45) is 1.31. The van der Waals surface area contributed by atoms with E-state index in [1.807, 2.05) is 0 Å². The minimum atomic E-state index is -2.86. The van der Waals surface area contributed by atoms with Gasteiger partial charge in [-0.3, -0.25) is 0 Å². The predicted molar refractivity (Wildman–Crippen MR) is 67.2 cm³/mol. The van der Waals surface area contributed by atoms with Gasteiger partial charge in [-0.1, -0.05) is 20.8 Å². The number of hydrogen-bond donors (Lipinski definition) is 1. The van der Waals surface area contributed by atoms with Gasteiger partial charge in [0.05, 0.1) is 11.9 Å². The van der Waals surface area contributed by atoms with Crippen LogP contribution in [0.2, 0.25) is 0 Å². The van der Waals surface area contributed by atoms with Crippen LogP contribution in [-0.2, 0) is 14.6 Å². The molecule has 16 heavy (non-hydrogen) atoms. The molecule has 0 spiro atoms. The molecule has 0 fully saturated rings. The fourth-order valence-corrected chi connectivity index (χ4v) is 2.68. The van der Waals surface area contributed by atoms with Gasteiger partial charge in [0, 0.05) is 18.9 Å². The summed E-state index contributed by atoms with van der Waals surface area (Å²) in [6.45, 7) is 5.77. The number of rotatable bonds is 8. The highest BCUT2D eigenvalue weighted by Crippen LogP contribution is 2.13. The van der Waals surface area contributed by atoms with Crippen molar-refractivity contribution in [1.29, 1.82) is 0 Å². The Kier molecular flexibility index (Phi) is 7.19. The molecule has 98 valence electrons. The first-order valence-electron chi connectivity index (χ1n) is 5.82. The lowest BCUT2D eigenvalue weighted by Crippen LogP contribution is -2.40. The second kappa shape index (κ2) is 7.25. The van der Waals surface area contributed by atoms with E-state index in [-0.39, 0.29) is 23.7 Å². The molecule has 0 aliphatic carbocycles. The lowest BCUT2D eigenvalue weighted by molar-refractivity contribution is 0.0417. The van der Waals surface area contributed by atoms with Crippen molar-refractivity contribution in [2.24, 2.45) is 11.7 Å². The van der Waals surface area contributed by atoms with Crippen LogP contribution in [0.15, 0.2) is 0 Å². The van der Waals surface area contributed by atoms with E-state index in [9.17, 15) is 8.42 Å². The van der Waals surface area contributed by atoms with Gasteiger partial charge in [0.2, 0.25) is 0 Å². The van der Waals surface area contributed by atoms with Crippen LogP contribution in [-0.4, -0.2) is 39.2 Å². The summed E-state index contributed by atoms with van der Waals surface area (Å²) in [5.74, 6) is 0.786. The minimum Gasteiger partial charge on any atom is -0.380 e.